The quantitative estimate of drug-likeness (QED) is 0.810. The van der Waals surface area contributed by atoms with Gasteiger partial charge in [-0.1, -0.05) is 28.9 Å². The molecule has 1 aromatic carbocycles. The van der Waals surface area contributed by atoms with E-state index >= 15 is 0 Å². The maximum Gasteiger partial charge on any atom is 0.124 e. The van der Waals surface area contributed by atoms with Gasteiger partial charge in [-0.2, -0.15) is 11.8 Å². The SMILES string of the molecule is CCSCCC(O)Cc1ccc(F)cc1Br. The van der Waals surface area contributed by atoms with Crippen LogP contribution in [0.5, 0.6) is 0 Å². The molecule has 90 valence electrons. The highest BCUT2D eigenvalue weighted by atomic mass is 79.9. The second-order valence-electron chi connectivity index (χ2n) is 3.58. The summed E-state index contributed by atoms with van der Waals surface area (Å²) in [6.45, 7) is 2.10. The number of hydrogen-bond acceptors (Lipinski definition) is 2. The van der Waals surface area contributed by atoms with Crippen molar-refractivity contribution in [2.75, 3.05) is 11.5 Å². The number of benzene rings is 1. The van der Waals surface area contributed by atoms with E-state index in [1.165, 1.54) is 12.1 Å². The maximum atomic E-state index is 12.8. The van der Waals surface area contributed by atoms with Gasteiger partial charge in [-0.15, -0.1) is 0 Å². The first-order valence-electron chi connectivity index (χ1n) is 5.33. The summed E-state index contributed by atoms with van der Waals surface area (Å²) in [4.78, 5) is 0. The average molecular weight is 307 g/mol. The first-order chi connectivity index (χ1) is 7.63. The average Bonchev–Trinajstić information content (AvgIpc) is 2.23. The molecule has 0 aromatic heterocycles. The van der Waals surface area contributed by atoms with E-state index in [0.717, 1.165) is 28.0 Å². The Labute approximate surface area is 109 Å². The number of halogens is 2. The summed E-state index contributed by atoms with van der Waals surface area (Å²) in [5, 5.41) is 9.80. The molecule has 1 rings (SSSR count). The zero-order valence-electron chi connectivity index (χ0n) is 9.25. The third-order valence-corrected chi connectivity index (χ3v) is 3.94. The van der Waals surface area contributed by atoms with Gasteiger partial charge in [0.2, 0.25) is 0 Å². The van der Waals surface area contributed by atoms with Crippen LogP contribution in [0.15, 0.2) is 22.7 Å². The molecule has 1 unspecified atom stereocenters. The Morgan fingerprint density at radius 3 is 2.88 bits per heavy atom. The van der Waals surface area contributed by atoms with Crippen LogP contribution in [0.3, 0.4) is 0 Å². The predicted molar refractivity (Wildman–Crippen MR) is 71.4 cm³/mol. The minimum absolute atomic E-state index is 0.258. The molecule has 1 aromatic rings. The van der Waals surface area contributed by atoms with E-state index in [0.29, 0.717) is 6.42 Å². The number of aliphatic hydroxyl groups excluding tert-OH is 1. The van der Waals surface area contributed by atoms with E-state index in [-0.39, 0.29) is 11.9 Å². The molecule has 0 fully saturated rings. The number of thioether (sulfide) groups is 1. The Morgan fingerprint density at radius 2 is 2.25 bits per heavy atom. The van der Waals surface area contributed by atoms with Gasteiger partial charge in [0.05, 0.1) is 6.10 Å². The molecule has 1 atom stereocenters. The van der Waals surface area contributed by atoms with Crippen molar-refractivity contribution in [1.29, 1.82) is 0 Å². The molecule has 0 radical (unpaired) electrons. The highest BCUT2D eigenvalue weighted by Crippen LogP contribution is 2.20. The van der Waals surface area contributed by atoms with Crippen LogP contribution in [0, 0.1) is 5.82 Å². The summed E-state index contributed by atoms with van der Waals surface area (Å²) in [6.07, 6.45) is 1.01. The third-order valence-electron chi connectivity index (χ3n) is 2.27. The molecule has 4 heteroatoms. The molecule has 0 saturated heterocycles. The molecule has 1 nitrogen and oxygen atoms in total. The topological polar surface area (TPSA) is 20.2 Å². The summed E-state index contributed by atoms with van der Waals surface area (Å²) in [6, 6.07) is 4.58. The van der Waals surface area contributed by atoms with Gasteiger partial charge in [0.1, 0.15) is 5.82 Å². The van der Waals surface area contributed by atoms with E-state index in [1.54, 1.807) is 6.07 Å². The predicted octanol–water partition coefficient (Wildman–Crippen LogP) is 3.63. The van der Waals surface area contributed by atoms with E-state index in [4.69, 9.17) is 0 Å². The fraction of sp³-hybridized carbons (Fsp3) is 0.500. The first kappa shape index (κ1) is 14.0. The van der Waals surface area contributed by atoms with Crippen molar-refractivity contribution in [3.8, 4) is 0 Å². The van der Waals surface area contributed by atoms with Gasteiger partial charge in [0, 0.05) is 4.47 Å². The summed E-state index contributed by atoms with van der Waals surface area (Å²) in [7, 11) is 0. The van der Waals surface area contributed by atoms with Crippen molar-refractivity contribution in [1.82, 2.24) is 0 Å². The van der Waals surface area contributed by atoms with E-state index < -0.39 is 0 Å². The second-order valence-corrected chi connectivity index (χ2v) is 5.83. The van der Waals surface area contributed by atoms with Crippen molar-refractivity contribution in [2.24, 2.45) is 0 Å². The summed E-state index contributed by atoms with van der Waals surface area (Å²) >= 11 is 5.12. The highest BCUT2D eigenvalue weighted by molar-refractivity contribution is 9.10. The summed E-state index contributed by atoms with van der Waals surface area (Å²) in [5.41, 5.74) is 0.954. The van der Waals surface area contributed by atoms with Gasteiger partial charge >= 0.3 is 0 Å². The zero-order valence-corrected chi connectivity index (χ0v) is 11.7. The normalized spacial score (nSPS) is 12.8. The van der Waals surface area contributed by atoms with Crippen molar-refractivity contribution in [2.45, 2.75) is 25.9 Å². The standard InChI is InChI=1S/C12H16BrFOS/c1-2-16-6-5-11(15)7-9-3-4-10(14)8-12(9)13/h3-4,8,11,15H,2,5-7H2,1H3. The van der Waals surface area contributed by atoms with Gasteiger partial charge in [-0.3, -0.25) is 0 Å². The molecule has 0 aliphatic rings. The molecule has 0 amide bonds. The fourth-order valence-corrected chi connectivity index (χ4v) is 2.65. The van der Waals surface area contributed by atoms with Crippen LogP contribution < -0.4 is 0 Å². The van der Waals surface area contributed by atoms with Crippen molar-refractivity contribution < 1.29 is 9.50 Å². The summed E-state index contributed by atoms with van der Waals surface area (Å²) in [5.74, 6) is 1.79. The van der Waals surface area contributed by atoms with Gasteiger partial charge in [-0.05, 0) is 42.0 Å². The molecular weight excluding hydrogens is 291 g/mol. The molecule has 0 spiro atoms. The Bertz CT molecular complexity index is 333. The first-order valence-corrected chi connectivity index (χ1v) is 7.28. The lowest BCUT2D eigenvalue weighted by molar-refractivity contribution is 0.172. The molecular formula is C12H16BrFOS. The third kappa shape index (κ3) is 4.85. The van der Waals surface area contributed by atoms with Crippen LogP contribution in [-0.4, -0.2) is 22.7 Å². The Hall–Kier alpha value is -0.0600. The van der Waals surface area contributed by atoms with Crippen LogP contribution in [0.25, 0.3) is 0 Å². The monoisotopic (exact) mass is 306 g/mol. The molecule has 0 heterocycles. The molecule has 1 N–H and O–H groups in total. The lowest BCUT2D eigenvalue weighted by Crippen LogP contribution is -2.12. The molecule has 0 bridgehead atoms. The molecule has 0 aliphatic heterocycles. The van der Waals surface area contributed by atoms with Gasteiger partial charge in [0.15, 0.2) is 0 Å². The van der Waals surface area contributed by atoms with Crippen molar-refractivity contribution >= 4 is 27.7 Å². The van der Waals surface area contributed by atoms with Crippen LogP contribution >= 0.6 is 27.7 Å². The van der Waals surface area contributed by atoms with E-state index in [9.17, 15) is 9.50 Å². The minimum Gasteiger partial charge on any atom is -0.393 e. The summed E-state index contributed by atoms with van der Waals surface area (Å²) < 4.78 is 13.6. The Morgan fingerprint density at radius 1 is 1.50 bits per heavy atom. The molecule has 16 heavy (non-hydrogen) atoms. The van der Waals surface area contributed by atoms with E-state index in [2.05, 4.69) is 22.9 Å². The Kier molecular flexibility index (Phi) is 6.39. The second kappa shape index (κ2) is 7.30. The van der Waals surface area contributed by atoms with Crippen LogP contribution in [-0.2, 0) is 6.42 Å². The minimum atomic E-state index is -0.346. The smallest absolute Gasteiger partial charge is 0.124 e. The van der Waals surface area contributed by atoms with Crippen LogP contribution in [0.4, 0.5) is 4.39 Å². The molecule has 0 saturated carbocycles. The fourth-order valence-electron chi connectivity index (χ4n) is 1.41. The number of hydrogen-bond donors (Lipinski definition) is 1. The van der Waals surface area contributed by atoms with Crippen molar-refractivity contribution in [3.05, 3.63) is 34.1 Å². The largest absolute Gasteiger partial charge is 0.393 e. The molecule has 0 aliphatic carbocycles. The highest BCUT2D eigenvalue weighted by Gasteiger charge is 2.08. The zero-order chi connectivity index (χ0) is 12.0. The van der Waals surface area contributed by atoms with Gasteiger partial charge < -0.3 is 5.11 Å². The van der Waals surface area contributed by atoms with Gasteiger partial charge in [-0.25, -0.2) is 4.39 Å². The van der Waals surface area contributed by atoms with Crippen molar-refractivity contribution in [3.63, 3.8) is 0 Å². The number of aliphatic hydroxyl groups is 1. The van der Waals surface area contributed by atoms with Crippen LogP contribution in [0.1, 0.15) is 18.9 Å². The maximum absolute atomic E-state index is 12.8. The Balaban J connectivity index is 2.46. The van der Waals surface area contributed by atoms with Gasteiger partial charge in [0.25, 0.3) is 0 Å². The lowest BCUT2D eigenvalue weighted by Gasteiger charge is -2.11. The number of rotatable bonds is 6. The van der Waals surface area contributed by atoms with Crippen LogP contribution in [0.2, 0.25) is 0 Å². The van der Waals surface area contributed by atoms with E-state index in [1.807, 2.05) is 11.8 Å². The lowest BCUT2D eigenvalue weighted by atomic mass is 10.1.